The maximum Gasteiger partial charge on any atom is 0.0640 e. The van der Waals surface area contributed by atoms with Gasteiger partial charge in [0.2, 0.25) is 0 Å². The fourth-order valence-electron chi connectivity index (χ4n) is 3.97. The Hall–Kier alpha value is -1.61. The van der Waals surface area contributed by atoms with Crippen LogP contribution in [-0.4, -0.2) is 22.9 Å². The van der Waals surface area contributed by atoms with Crippen LogP contribution in [0.15, 0.2) is 42.6 Å². The normalized spacial score (nSPS) is 18.8. The summed E-state index contributed by atoms with van der Waals surface area (Å²) in [7, 11) is 4.08. The maximum absolute atomic E-state index is 4.57. The molecule has 1 aromatic carbocycles. The van der Waals surface area contributed by atoms with Gasteiger partial charge >= 0.3 is 0 Å². The van der Waals surface area contributed by atoms with Crippen LogP contribution in [0.1, 0.15) is 36.9 Å². The number of aryl methyl sites for hydroxylation is 1. The van der Waals surface area contributed by atoms with E-state index in [0.29, 0.717) is 6.04 Å². The van der Waals surface area contributed by atoms with Gasteiger partial charge in [-0.05, 0) is 31.5 Å². The summed E-state index contributed by atoms with van der Waals surface area (Å²) in [5, 5.41) is 8.16. The van der Waals surface area contributed by atoms with Crippen molar-refractivity contribution in [1.29, 1.82) is 0 Å². The number of hydrogen-bond donors (Lipinski definition) is 1. The Balaban J connectivity index is 1.91. The van der Waals surface area contributed by atoms with Crippen LogP contribution < -0.4 is 5.32 Å². The highest BCUT2D eigenvalue weighted by Crippen LogP contribution is 2.44. The molecule has 0 radical (unpaired) electrons. The number of nitrogens with one attached hydrogen (secondary N) is 1. The molecule has 1 aliphatic rings. The Morgan fingerprint density at radius 1 is 1.19 bits per heavy atom. The van der Waals surface area contributed by atoms with E-state index in [4.69, 9.17) is 0 Å². The Morgan fingerprint density at radius 2 is 1.90 bits per heavy atom. The van der Waals surface area contributed by atoms with Crippen molar-refractivity contribution < 1.29 is 0 Å². The fraction of sp³-hybridized carbons (Fsp3) is 0.500. The van der Waals surface area contributed by atoms with Crippen molar-refractivity contribution in [1.82, 2.24) is 15.1 Å². The second-order valence-corrected chi connectivity index (χ2v) is 6.26. The molecule has 1 saturated carbocycles. The van der Waals surface area contributed by atoms with Crippen LogP contribution in [0.25, 0.3) is 0 Å². The molecule has 1 aliphatic carbocycles. The molecule has 1 heterocycles. The average molecular weight is 283 g/mol. The SMILES string of the molecule is CNC(Cc1ccn(C)n1)C1(c2ccccc2)CCCC1. The summed E-state index contributed by atoms with van der Waals surface area (Å²) in [6.07, 6.45) is 8.23. The van der Waals surface area contributed by atoms with E-state index in [0.717, 1.165) is 6.42 Å². The van der Waals surface area contributed by atoms with Crippen molar-refractivity contribution in [3.05, 3.63) is 53.9 Å². The third-order valence-electron chi connectivity index (χ3n) is 5.04. The molecule has 1 atom stereocenters. The van der Waals surface area contributed by atoms with Gasteiger partial charge in [0.15, 0.2) is 0 Å². The van der Waals surface area contributed by atoms with Crippen LogP contribution in [0, 0.1) is 0 Å². The number of hydrogen-bond acceptors (Lipinski definition) is 2. The van der Waals surface area contributed by atoms with E-state index in [1.165, 1.54) is 36.9 Å². The minimum absolute atomic E-state index is 0.257. The van der Waals surface area contributed by atoms with Gasteiger partial charge in [-0.3, -0.25) is 4.68 Å². The Bertz CT molecular complexity index is 567. The highest BCUT2D eigenvalue weighted by molar-refractivity contribution is 5.30. The van der Waals surface area contributed by atoms with E-state index in [1.54, 1.807) is 0 Å². The van der Waals surface area contributed by atoms with Crippen LogP contribution in [-0.2, 0) is 18.9 Å². The van der Waals surface area contributed by atoms with Gasteiger partial charge < -0.3 is 5.32 Å². The largest absolute Gasteiger partial charge is 0.316 e. The number of benzene rings is 1. The van der Waals surface area contributed by atoms with Gasteiger partial charge in [-0.2, -0.15) is 5.10 Å². The quantitative estimate of drug-likeness (QED) is 0.914. The first-order valence-electron chi connectivity index (χ1n) is 7.96. The lowest BCUT2D eigenvalue weighted by atomic mass is 9.71. The molecule has 112 valence electrons. The maximum atomic E-state index is 4.57. The van der Waals surface area contributed by atoms with E-state index in [2.05, 4.69) is 53.9 Å². The standard InChI is InChI=1S/C18H25N3/c1-19-17(14-16-10-13-21(2)20-16)18(11-6-7-12-18)15-8-4-3-5-9-15/h3-5,8-10,13,17,19H,6-7,11-12,14H2,1-2H3. The zero-order chi connectivity index (χ0) is 14.7. The lowest BCUT2D eigenvalue weighted by molar-refractivity contribution is 0.305. The summed E-state index contributed by atoms with van der Waals surface area (Å²) in [6, 6.07) is 13.6. The van der Waals surface area contributed by atoms with Crippen molar-refractivity contribution in [3.63, 3.8) is 0 Å². The molecule has 3 nitrogen and oxygen atoms in total. The van der Waals surface area contributed by atoms with Crippen molar-refractivity contribution >= 4 is 0 Å². The first kappa shape index (κ1) is 14.3. The predicted molar refractivity (Wildman–Crippen MR) is 86.3 cm³/mol. The van der Waals surface area contributed by atoms with Crippen LogP contribution in [0.3, 0.4) is 0 Å². The molecule has 1 unspecified atom stereocenters. The van der Waals surface area contributed by atoms with Gasteiger partial charge in [0.05, 0.1) is 5.69 Å². The van der Waals surface area contributed by atoms with E-state index in [9.17, 15) is 0 Å². The molecule has 1 N–H and O–H groups in total. The molecule has 0 amide bonds. The van der Waals surface area contributed by atoms with Gasteiger partial charge in [0.1, 0.15) is 0 Å². The zero-order valence-electron chi connectivity index (χ0n) is 13.0. The Kier molecular flexibility index (Phi) is 4.11. The molecular weight excluding hydrogens is 258 g/mol. The lowest BCUT2D eigenvalue weighted by Gasteiger charge is -2.38. The summed E-state index contributed by atoms with van der Waals surface area (Å²) < 4.78 is 1.89. The Labute approximate surface area is 127 Å². The topological polar surface area (TPSA) is 29.9 Å². The van der Waals surface area contributed by atoms with Crippen molar-refractivity contribution in [2.75, 3.05) is 7.05 Å². The molecule has 0 saturated heterocycles. The number of rotatable bonds is 5. The molecule has 2 aromatic rings. The molecule has 0 bridgehead atoms. The summed E-state index contributed by atoms with van der Waals surface area (Å²) in [6.45, 7) is 0. The smallest absolute Gasteiger partial charge is 0.0640 e. The van der Waals surface area contributed by atoms with Gasteiger partial charge in [-0.25, -0.2) is 0 Å². The second kappa shape index (κ2) is 6.02. The summed E-state index contributed by atoms with van der Waals surface area (Å²) in [5.41, 5.74) is 2.92. The number of likely N-dealkylation sites (N-methyl/N-ethyl adjacent to an activating group) is 1. The first-order chi connectivity index (χ1) is 10.2. The molecule has 1 aromatic heterocycles. The van der Waals surface area contributed by atoms with E-state index in [1.807, 2.05) is 17.9 Å². The van der Waals surface area contributed by atoms with Crippen molar-refractivity contribution in [2.24, 2.45) is 7.05 Å². The van der Waals surface area contributed by atoms with Gasteiger partial charge in [0, 0.05) is 31.1 Å². The van der Waals surface area contributed by atoms with Crippen molar-refractivity contribution in [2.45, 2.75) is 43.6 Å². The van der Waals surface area contributed by atoms with Crippen LogP contribution in [0.5, 0.6) is 0 Å². The molecule has 3 heteroatoms. The summed E-state index contributed by atoms with van der Waals surface area (Å²) >= 11 is 0. The summed E-state index contributed by atoms with van der Waals surface area (Å²) in [5.74, 6) is 0. The molecular formula is C18H25N3. The average Bonchev–Trinajstić information content (AvgIpc) is 3.15. The van der Waals surface area contributed by atoms with Gasteiger partial charge in [0.25, 0.3) is 0 Å². The first-order valence-corrected chi connectivity index (χ1v) is 7.96. The predicted octanol–water partition coefficient (Wildman–Crippen LogP) is 3.06. The highest BCUT2D eigenvalue weighted by atomic mass is 15.2. The molecule has 3 rings (SSSR count). The lowest BCUT2D eigenvalue weighted by Crippen LogP contribution is -2.47. The third-order valence-corrected chi connectivity index (χ3v) is 5.04. The molecule has 1 fully saturated rings. The zero-order valence-corrected chi connectivity index (χ0v) is 13.0. The molecule has 21 heavy (non-hydrogen) atoms. The van der Waals surface area contributed by atoms with Crippen LogP contribution in [0.4, 0.5) is 0 Å². The monoisotopic (exact) mass is 283 g/mol. The third kappa shape index (κ3) is 2.75. The van der Waals surface area contributed by atoms with E-state index in [-0.39, 0.29) is 5.41 Å². The minimum atomic E-state index is 0.257. The number of aromatic nitrogens is 2. The van der Waals surface area contributed by atoms with E-state index >= 15 is 0 Å². The van der Waals surface area contributed by atoms with Crippen molar-refractivity contribution in [3.8, 4) is 0 Å². The van der Waals surface area contributed by atoms with Crippen LogP contribution in [0.2, 0.25) is 0 Å². The fourth-order valence-corrected chi connectivity index (χ4v) is 3.97. The molecule has 0 spiro atoms. The van der Waals surface area contributed by atoms with Gasteiger partial charge in [-0.15, -0.1) is 0 Å². The van der Waals surface area contributed by atoms with Gasteiger partial charge in [-0.1, -0.05) is 43.2 Å². The second-order valence-electron chi connectivity index (χ2n) is 6.26. The number of nitrogens with zero attached hydrogens (tertiary/aromatic N) is 2. The van der Waals surface area contributed by atoms with E-state index < -0.39 is 0 Å². The van der Waals surface area contributed by atoms with Crippen LogP contribution >= 0.6 is 0 Å². The minimum Gasteiger partial charge on any atom is -0.316 e. The Morgan fingerprint density at radius 3 is 2.48 bits per heavy atom. The molecule has 0 aliphatic heterocycles. The summed E-state index contributed by atoms with van der Waals surface area (Å²) in [4.78, 5) is 0. The highest BCUT2D eigenvalue weighted by Gasteiger charge is 2.42.